The van der Waals surface area contributed by atoms with Crippen LogP contribution in [0, 0.1) is 6.92 Å². The van der Waals surface area contributed by atoms with Gasteiger partial charge in [0.15, 0.2) is 11.9 Å². The lowest BCUT2D eigenvalue weighted by atomic mass is 9.85. The zero-order valence-electron chi connectivity index (χ0n) is 50.4. The number of ether oxygens (including phenoxy) is 3. The number of unbranched alkanes of at least 4 members (excludes halogenated alkanes) is 19. The van der Waals surface area contributed by atoms with Crippen molar-refractivity contribution >= 4 is 58.9 Å². The molecule has 2 aromatic rings. The summed E-state index contributed by atoms with van der Waals surface area (Å²) in [6.07, 6.45) is 25.9. The average molecular weight is 1130 g/mol. The summed E-state index contributed by atoms with van der Waals surface area (Å²) >= 11 is 0. The normalized spacial score (nSPS) is 17.1. The molecule has 4 aliphatic rings. The summed E-state index contributed by atoms with van der Waals surface area (Å²) in [4.78, 5) is 69.5. The van der Waals surface area contributed by atoms with E-state index < -0.39 is 32.5 Å². The fourth-order valence-electron chi connectivity index (χ4n) is 11.9. The van der Waals surface area contributed by atoms with Crippen LogP contribution < -0.4 is 0 Å². The van der Waals surface area contributed by atoms with Crippen LogP contribution in [0.2, 0.25) is 0 Å². The molecule has 14 nitrogen and oxygen atoms in total. The van der Waals surface area contributed by atoms with Crippen LogP contribution in [0.1, 0.15) is 279 Å². The molecular formula is C65H99N4O10P. The number of Topliss-reactive ketones (excluding diaryl/α,β-unsaturated/α-hetero) is 1. The van der Waals surface area contributed by atoms with E-state index in [2.05, 4.69) is 76.6 Å². The minimum atomic E-state index is -4.48. The third-order valence-corrected chi connectivity index (χ3v) is 17.7. The Hall–Kier alpha value is -4.46. The van der Waals surface area contributed by atoms with E-state index in [1.54, 1.807) is 6.92 Å². The molecule has 80 heavy (non-hydrogen) atoms. The number of allylic oxidation sites excluding steroid dienone is 3. The zero-order valence-corrected chi connectivity index (χ0v) is 51.3. The maximum Gasteiger partial charge on any atom is 0.472 e. The van der Waals surface area contributed by atoms with Gasteiger partial charge in [-0.15, -0.1) is 0 Å². The first-order valence-corrected chi connectivity index (χ1v) is 32.7. The molecule has 0 saturated heterocycles. The summed E-state index contributed by atoms with van der Waals surface area (Å²) in [5.41, 5.74) is 13.4. The molecule has 0 fully saturated rings. The topological polar surface area (TPSA) is 192 Å². The van der Waals surface area contributed by atoms with Gasteiger partial charge in [-0.05, 0) is 100 Å². The van der Waals surface area contributed by atoms with Crippen LogP contribution in [0.25, 0.3) is 33.3 Å². The van der Waals surface area contributed by atoms with Gasteiger partial charge in [0, 0.05) is 76.8 Å². The molecule has 5 heterocycles. The number of nitrogens with one attached hydrogen (secondary N) is 2. The number of hydrogen-bond acceptors (Lipinski definition) is 11. The number of fused-ring (bicyclic) bond motifs is 8. The molecule has 2 aromatic heterocycles. The Bertz CT molecular complexity index is 2700. The highest BCUT2D eigenvalue weighted by Gasteiger charge is 2.39. The van der Waals surface area contributed by atoms with Gasteiger partial charge in [-0.1, -0.05) is 157 Å². The van der Waals surface area contributed by atoms with Crippen molar-refractivity contribution in [2.75, 3.05) is 26.4 Å². The predicted octanol–water partition coefficient (Wildman–Crippen LogP) is 16.6. The Morgan fingerprint density at radius 2 is 1.29 bits per heavy atom. The Labute approximate surface area is 479 Å². The van der Waals surface area contributed by atoms with Gasteiger partial charge in [0.1, 0.15) is 6.61 Å². The third kappa shape index (κ3) is 18.5. The van der Waals surface area contributed by atoms with Crippen LogP contribution in [-0.2, 0) is 55.0 Å². The molecule has 0 aromatic carbocycles. The lowest BCUT2D eigenvalue weighted by Gasteiger charge is -2.21. The van der Waals surface area contributed by atoms with Gasteiger partial charge < -0.3 is 29.1 Å². The average Bonchev–Trinajstić information content (AvgIpc) is 4.32. The Morgan fingerprint density at radius 3 is 1.91 bits per heavy atom. The molecule has 1 aliphatic carbocycles. The number of phosphoric ester groups is 1. The highest BCUT2D eigenvalue weighted by molar-refractivity contribution is 7.47. The number of H-pyrrole nitrogens is 2. The third-order valence-electron chi connectivity index (χ3n) is 16.7. The van der Waals surface area contributed by atoms with Crippen LogP contribution in [0.4, 0.5) is 0 Å². The second-order valence-electron chi connectivity index (χ2n) is 23.0. The summed E-state index contributed by atoms with van der Waals surface area (Å²) in [7, 11) is -4.48. The number of carbonyl (C=O) groups is 3. The number of aromatic nitrogens is 4. The quantitative estimate of drug-likeness (QED) is 0.0328. The van der Waals surface area contributed by atoms with E-state index in [9.17, 15) is 23.8 Å². The van der Waals surface area contributed by atoms with Crippen LogP contribution in [0.3, 0.4) is 0 Å². The van der Waals surface area contributed by atoms with Crippen molar-refractivity contribution in [3.8, 4) is 0 Å². The summed E-state index contributed by atoms with van der Waals surface area (Å²) in [5.74, 6) is -1.42. The van der Waals surface area contributed by atoms with Crippen molar-refractivity contribution in [3.05, 3.63) is 69.1 Å². The van der Waals surface area contributed by atoms with Crippen molar-refractivity contribution in [2.24, 2.45) is 0 Å². The van der Waals surface area contributed by atoms with E-state index in [-0.39, 0.29) is 56.2 Å². The second kappa shape index (κ2) is 33.0. The van der Waals surface area contributed by atoms with E-state index in [1.165, 1.54) is 102 Å². The van der Waals surface area contributed by atoms with Gasteiger partial charge in [-0.2, -0.15) is 0 Å². The van der Waals surface area contributed by atoms with Crippen molar-refractivity contribution in [1.82, 2.24) is 19.9 Å². The van der Waals surface area contributed by atoms with E-state index in [4.69, 9.17) is 33.2 Å². The molecule has 5 atom stereocenters. The highest BCUT2D eigenvalue weighted by Crippen LogP contribution is 2.47. The summed E-state index contributed by atoms with van der Waals surface area (Å²) in [6.45, 7) is 18.7. The van der Waals surface area contributed by atoms with Crippen LogP contribution in [0.5, 0.6) is 0 Å². The molecule has 0 saturated carbocycles. The highest BCUT2D eigenvalue weighted by atomic mass is 31.2. The minimum Gasteiger partial charge on any atom is -0.462 e. The smallest absolute Gasteiger partial charge is 0.462 e. The summed E-state index contributed by atoms with van der Waals surface area (Å²) < 4.78 is 41.2. The molecule has 0 amide bonds. The van der Waals surface area contributed by atoms with Gasteiger partial charge in [0.2, 0.25) is 0 Å². The van der Waals surface area contributed by atoms with E-state index in [1.807, 2.05) is 6.92 Å². The molecule has 15 heteroatoms. The number of nitrogens with zero attached hydrogens (tertiary/aromatic N) is 2. The minimum absolute atomic E-state index is 0.00289. The largest absolute Gasteiger partial charge is 0.472 e. The van der Waals surface area contributed by atoms with Gasteiger partial charge in [-0.3, -0.25) is 23.4 Å². The molecule has 0 spiro atoms. The first-order valence-electron chi connectivity index (χ1n) is 31.2. The molecule has 6 rings (SSSR count). The predicted molar refractivity (Wildman–Crippen MR) is 322 cm³/mol. The fraction of sp³-hybridized carbons (Fsp3) is 0.677. The van der Waals surface area contributed by atoms with Gasteiger partial charge >= 0.3 is 19.8 Å². The summed E-state index contributed by atoms with van der Waals surface area (Å²) in [5, 5.41) is 0. The number of aromatic amines is 2. The molecule has 3 N–H and O–H groups in total. The number of phosphoric acid groups is 1. The number of hydrogen-bond donors (Lipinski definition) is 3. The maximum absolute atomic E-state index is 14.1. The lowest BCUT2D eigenvalue weighted by molar-refractivity contribution is -0.161. The number of aryl methyl sites for hydroxylation is 2. The van der Waals surface area contributed by atoms with Gasteiger partial charge in [0.05, 0.1) is 42.1 Å². The monoisotopic (exact) mass is 1130 g/mol. The van der Waals surface area contributed by atoms with Crippen molar-refractivity contribution in [2.45, 2.75) is 260 Å². The zero-order chi connectivity index (χ0) is 57.6. The fourth-order valence-corrected chi connectivity index (χ4v) is 12.7. The standard InChI is InChI=1S/C65H99N4O10P/c1-10-14-16-18-20-22-23-24-25-26-27-29-31-33-60(71)76-42-49(43-78-80(73,74)77-36-12-3)79-61(72)35-34-51-45(6)54-39-55-46(7)62(48(9)75-37-32-30-28-21-19-17-15-11-2)58(67-55)41-53-44(5)50(13-4)57(66-53)40-56-47(8)63-59(70)38-52(64(51)68-54)65(63)69-56/h39-41,45,48-49,51,66,68H,10-38,42-43H2,1-9H3,(H,73,74). The Morgan fingerprint density at radius 1 is 0.688 bits per heavy atom. The summed E-state index contributed by atoms with van der Waals surface area (Å²) in [6, 6.07) is 6.32. The second-order valence-corrected chi connectivity index (χ2v) is 24.4. The van der Waals surface area contributed by atoms with E-state index in [0.717, 1.165) is 106 Å². The molecule has 8 bridgehead atoms. The van der Waals surface area contributed by atoms with Gasteiger partial charge in [-0.25, -0.2) is 14.5 Å². The molecular weight excluding hydrogens is 1030 g/mol. The molecule has 0 radical (unpaired) electrons. The molecule has 444 valence electrons. The Balaban J connectivity index is 1.21. The van der Waals surface area contributed by atoms with E-state index in [0.29, 0.717) is 37.1 Å². The SMILES string of the molecule is CCCCCCCCCCCCCCCC(=O)OCC(COP(=O)(O)OCCC)OC(=O)CCC1c2[nH]c(cc3nc(cc4[nH]c(cc5nc6c2CC(=O)C6=C5C)c(CC)c4C)C(C(C)OCCCCCCCCCC)=C3C)C1C. The maximum atomic E-state index is 14.1. The van der Waals surface area contributed by atoms with Crippen LogP contribution in [0.15, 0.2) is 18.2 Å². The van der Waals surface area contributed by atoms with Crippen LogP contribution in [-0.4, -0.2) is 81.2 Å². The molecule has 3 aliphatic heterocycles. The number of rotatable bonds is 38. The number of ketones is 1. The van der Waals surface area contributed by atoms with Crippen molar-refractivity contribution < 1.29 is 47.1 Å². The van der Waals surface area contributed by atoms with Crippen molar-refractivity contribution in [1.29, 1.82) is 0 Å². The van der Waals surface area contributed by atoms with Crippen LogP contribution >= 0.6 is 7.82 Å². The van der Waals surface area contributed by atoms with E-state index >= 15 is 0 Å². The molecule has 5 unspecified atom stereocenters. The number of esters is 2. The van der Waals surface area contributed by atoms with Gasteiger partial charge in [0.25, 0.3) is 0 Å². The van der Waals surface area contributed by atoms with Crippen molar-refractivity contribution in [3.63, 3.8) is 0 Å². The lowest BCUT2D eigenvalue weighted by Crippen LogP contribution is -2.29. The first kappa shape index (κ1) is 64.7. The first-order chi connectivity index (χ1) is 38.6. The Kier molecular flexibility index (Phi) is 26.7. The number of carbonyl (C=O) groups excluding carboxylic acids is 3.